The zero-order chi connectivity index (χ0) is 26.8. The van der Waals surface area contributed by atoms with Crippen molar-refractivity contribution in [1.82, 2.24) is 0 Å². The van der Waals surface area contributed by atoms with Gasteiger partial charge in [-0.1, -0.05) is 0 Å². The van der Waals surface area contributed by atoms with Crippen LogP contribution in [-0.2, 0) is 18.9 Å². The Morgan fingerprint density at radius 2 is 0.583 bits per heavy atom. The number of hydrogen-bond acceptors (Lipinski definition) is 12. The fraction of sp³-hybridized carbons (Fsp3) is 0.333. The average Bonchev–Trinajstić information content (AvgIpc) is 2.92. The van der Waals surface area contributed by atoms with Crippen LogP contribution in [0.15, 0.2) is 48.5 Å². The highest BCUT2D eigenvalue weighted by molar-refractivity contribution is 5.94. The SMILES string of the molecule is O=C(OCCO)c1ccc(C(=O)OCCO)cc1.O=C(OCCO)c1ccc(C(=O)OCCO)cc1. The van der Waals surface area contributed by atoms with Gasteiger partial charge in [0.15, 0.2) is 0 Å². The van der Waals surface area contributed by atoms with Crippen LogP contribution in [0.2, 0.25) is 0 Å². The molecule has 0 amide bonds. The zero-order valence-corrected chi connectivity index (χ0v) is 19.3. The molecule has 0 saturated carbocycles. The number of carbonyl (C=O) groups excluding carboxylic acids is 4. The van der Waals surface area contributed by atoms with E-state index >= 15 is 0 Å². The lowest BCUT2D eigenvalue weighted by Gasteiger charge is -2.05. The van der Waals surface area contributed by atoms with E-state index in [4.69, 9.17) is 39.4 Å². The lowest BCUT2D eigenvalue weighted by atomic mass is 10.1. The highest BCUT2D eigenvalue weighted by atomic mass is 16.6. The molecular formula is C24H28O12. The molecule has 0 spiro atoms. The van der Waals surface area contributed by atoms with Crippen LogP contribution < -0.4 is 0 Å². The molecule has 0 atom stereocenters. The van der Waals surface area contributed by atoms with Gasteiger partial charge in [0.1, 0.15) is 26.4 Å². The second-order valence-electron chi connectivity index (χ2n) is 6.59. The molecule has 0 heterocycles. The number of hydrogen-bond donors (Lipinski definition) is 4. The molecule has 2 rings (SSSR count). The Labute approximate surface area is 206 Å². The Balaban J connectivity index is 0.000000360. The zero-order valence-electron chi connectivity index (χ0n) is 19.3. The summed E-state index contributed by atoms with van der Waals surface area (Å²) in [6.45, 7) is -1.24. The molecule has 0 aliphatic carbocycles. The van der Waals surface area contributed by atoms with Gasteiger partial charge in [-0.2, -0.15) is 0 Å². The second-order valence-corrected chi connectivity index (χ2v) is 6.59. The third-order valence-corrected chi connectivity index (χ3v) is 4.01. The monoisotopic (exact) mass is 508 g/mol. The molecule has 0 aliphatic heterocycles. The van der Waals surface area contributed by atoms with Crippen LogP contribution in [0.25, 0.3) is 0 Å². The highest BCUT2D eigenvalue weighted by Gasteiger charge is 2.11. The number of carbonyl (C=O) groups is 4. The molecule has 0 bridgehead atoms. The van der Waals surface area contributed by atoms with Crippen molar-refractivity contribution in [3.63, 3.8) is 0 Å². The Morgan fingerprint density at radius 1 is 0.417 bits per heavy atom. The van der Waals surface area contributed by atoms with E-state index in [1.54, 1.807) is 0 Å². The van der Waals surface area contributed by atoms with Gasteiger partial charge in [-0.25, -0.2) is 19.2 Å². The number of esters is 4. The number of benzene rings is 2. The smallest absolute Gasteiger partial charge is 0.338 e. The number of ether oxygens (including phenoxy) is 4. The molecule has 12 heteroatoms. The minimum Gasteiger partial charge on any atom is -0.460 e. The number of rotatable bonds is 12. The number of aliphatic hydroxyl groups excluding tert-OH is 4. The van der Waals surface area contributed by atoms with E-state index in [0.29, 0.717) is 0 Å². The first-order chi connectivity index (χ1) is 17.4. The van der Waals surface area contributed by atoms with Crippen molar-refractivity contribution >= 4 is 23.9 Å². The van der Waals surface area contributed by atoms with Gasteiger partial charge in [0.2, 0.25) is 0 Å². The maximum Gasteiger partial charge on any atom is 0.338 e. The van der Waals surface area contributed by atoms with Crippen molar-refractivity contribution in [1.29, 1.82) is 0 Å². The first kappa shape index (κ1) is 30.2. The number of aliphatic hydroxyl groups is 4. The van der Waals surface area contributed by atoms with Gasteiger partial charge in [-0.15, -0.1) is 0 Å². The van der Waals surface area contributed by atoms with Crippen LogP contribution in [0, 0.1) is 0 Å². The summed E-state index contributed by atoms with van der Waals surface area (Å²) < 4.78 is 18.8. The minimum atomic E-state index is -0.570. The fourth-order valence-corrected chi connectivity index (χ4v) is 2.37. The summed E-state index contributed by atoms with van der Waals surface area (Å²) in [6, 6.07) is 11.4. The molecule has 196 valence electrons. The molecular weight excluding hydrogens is 480 g/mol. The van der Waals surface area contributed by atoms with E-state index in [2.05, 4.69) is 0 Å². The predicted octanol–water partition coefficient (Wildman–Crippen LogP) is -0.0304. The fourth-order valence-electron chi connectivity index (χ4n) is 2.37. The van der Waals surface area contributed by atoms with Crippen molar-refractivity contribution in [3.8, 4) is 0 Å². The molecule has 2 aromatic rings. The van der Waals surface area contributed by atoms with E-state index in [9.17, 15) is 19.2 Å². The summed E-state index contributed by atoms with van der Waals surface area (Å²) in [7, 11) is 0. The normalized spacial score (nSPS) is 9.89. The van der Waals surface area contributed by atoms with Gasteiger partial charge < -0.3 is 39.4 Å². The Bertz CT molecular complexity index is 797. The summed E-state index contributed by atoms with van der Waals surface area (Å²) in [4.78, 5) is 45.5. The third kappa shape index (κ3) is 11.1. The van der Waals surface area contributed by atoms with Crippen LogP contribution >= 0.6 is 0 Å². The Kier molecular flexibility index (Phi) is 14.7. The molecule has 0 radical (unpaired) electrons. The van der Waals surface area contributed by atoms with Crippen molar-refractivity contribution < 1.29 is 58.6 Å². The predicted molar refractivity (Wildman–Crippen MR) is 122 cm³/mol. The van der Waals surface area contributed by atoms with Crippen LogP contribution in [0.5, 0.6) is 0 Å². The van der Waals surface area contributed by atoms with E-state index in [1.807, 2.05) is 0 Å². The highest BCUT2D eigenvalue weighted by Crippen LogP contribution is 2.08. The molecule has 12 nitrogen and oxygen atoms in total. The van der Waals surface area contributed by atoms with Crippen molar-refractivity contribution in [3.05, 3.63) is 70.8 Å². The van der Waals surface area contributed by atoms with E-state index in [-0.39, 0.29) is 75.1 Å². The van der Waals surface area contributed by atoms with E-state index < -0.39 is 23.9 Å². The van der Waals surface area contributed by atoms with Crippen LogP contribution in [0.4, 0.5) is 0 Å². The summed E-state index contributed by atoms with van der Waals surface area (Å²) in [5.41, 5.74) is 1.12. The van der Waals surface area contributed by atoms with Crippen LogP contribution in [0.1, 0.15) is 41.4 Å². The molecule has 36 heavy (non-hydrogen) atoms. The molecule has 0 unspecified atom stereocenters. The Hall–Kier alpha value is -3.84. The van der Waals surface area contributed by atoms with Crippen molar-refractivity contribution in [2.75, 3.05) is 52.9 Å². The third-order valence-electron chi connectivity index (χ3n) is 4.01. The van der Waals surface area contributed by atoms with Gasteiger partial charge in [-0.05, 0) is 48.5 Å². The summed E-state index contributed by atoms with van der Waals surface area (Å²) in [5.74, 6) is -2.28. The molecule has 2 aromatic carbocycles. The standard InChI is InChI=1S/2C12H14O6/c2*13-5-7-17-11(15)9-1-2-10(4-3-9)12(16)18-8-6-14/h2*1-4,13-14H,5-8H2. The summed E-state index contributed by atoms with van der Waals surface area (Å²) in [6.07, 6.45) is 0. The average molecular weight is 508 g/mol. The quantitative estimate of drug-likeness (QED) is 0.222. The lowest BCUT2D eigenvalue weighted by Crippen LogP contribution is -2.11. The van der Waals surface area contributed by atoms with Crippen LogP contribution in [-0.4, -0.2) is 97.2 Å². The van der Waals surface area contributed by atoms with E-state index in [0.717, 1.165) is 0 Å². The molecule has 0 aromatic heterocycles. The topological polar surface area (TPSA) is 186 Å². The molecule has 4 N–H and O–H groups in total. The largest absolute Gasteiger partial charge is 0.460 e. The van der Waals surface area contributed by atoms with Crippen LogP contribution in [0.3, 0.4) is 0 Å². The van der Waals surface area contributed by atoms with Crippen molar-refractivity contribution in [2.24, 2.45) is 0 Å². The van der Waals surface area contributed by atoms with Gasteiger partial charge in [0.25, 0.3) is 0 Å². The Morgan fingerprint density at radius 3 is 0.722 bits per heavy atom. The first-order valence-electron chi connectivity index (χ1n) is 10.7. The molecule has 0 aliphatic rings. The van der Waals surface area contributed by atoms with Gasteiger partial charge >= 0.3 is 23.9 Å². The van der Waals surface area contributed by atoms with Crippen molar-refractivity contribution in [2.45, 2.75) is 0 Å². The first-order valence-corrected chi connectivity index (χ1v) is 10.7. The second kappa shape index (κ2) is 17.6. The summed E-state index contributed by atoms with van der Waals surface area (Å²) in [5, 5.41) is 34.0. The minimum absolute atomic E-state index is 0.0703. The maximum atomic E-state index is 11.4. The van der Waals surface area contributed by atoms with Gasteiger partial charge in [0, 0.05) is 0 Å². The lowest BCUT2D eigenvalue weighted by molar-refractivity contribution is 0.0422. The van der Waals surface area contributed by atoms with E-state index in [1.165, 1.54) is 48.5 Å². The molecule has 0 saturated heterocycles. The summed E-state index contributed by atoms with van der Waals surface area (Å²) >= 11 is 0. The van der Waals surface area contributed by atoms with Gasteiger partial charge in [-0.3, -0.25) is 0 Å². The molecule has 0 fully saturated rings. The maximum absolute atomic E-state index is 11.4. The van der Waals surface area contributed by atoms with Gasteiger partial charge in [0.05, 0.1) is 48.7 Å².